The second-order valence-electron chi connectivity index (χ2n) is 6.48. The first kappa shape index (κ1) is 19.9. The summed E-state index contributed by atoms with van der Waals surface area (Å²) in [6.45, 7) is 1.32. The molecule has 0 saturated heterocycles. The van der Waals surface area contributed by atoms with Crippen LogP contribution in [0.5, 0.6) is 0 Å². The zero-order chi connectivity index (χ0) is 20.3. The molecule has 0 saturated carbocycles. The second-order valence-corrected chi connectivity index (χ2v) is 8.41. The van der Waals surface area contributed by atoms with Crippen molar-refractivity contribution in [1.29, 1.82) is 0 Å². The van der Waals surface area contributed by atoms with E-state index in [1.165, 1.54) is 6.92 Å². The molecule has 146 valence electrons. The van der Waals surface area contributed by atoms with Gasteiger partial charge in [-0.25, -0.2) is 13.1 Å². The van der Waals surface area contributed by atoms with E-state index in [1.54, 1.807) is 48.5 Å². The fourth-order valence-electron chi connectivity index (χ4n) is 3.15. The maximum absolute atomic E-state index is 12.3. The summed E-state index contributed by atoms with van der Waals surface area (Å²) in [6.07, 6.45) is 0.193. The first-order valence-electron chi connectivity index (χ1n) is 8.81. The maximum Gasteiger partial charge on any atom is 0.261 e. The number of benzene rings is 2. The van der Waals surface area contributed by atoms with Gasteiger partial charge >= 0.3 is 0 Å². The smallest absolute Gasteiger partial charge is 0.261 e. The van der Waals surface area contributed by atoms with E-state index in [4.69, 9.17) is 0 Å². The van der Waals surface area contributed by atoms with Crippen LogP contribution in [-0.4, -0.2) is 49.8 Å². The van der Waals surface area contributed by atoms with Crippen molar-refractivity contribution in [2.45, 2.75) is 13.3 Å². The third-order valence-electron chi connectivity index (χ3n) is 4.57. The third-order valence-corrected chi connectivity index (χ3v) is 5.96. The molecule has 0 unspecified atom stereocenters. The molecule has 0 aromatic heterocycles. The quantitative estimate of drug-likeness (QED) is 0.536. The molecule has 1 heterocycles. The highest BCUT2D eigenvalue weighted by molar-refractivity contribution is 7.89. The van der Waals surface area contributed by atoms with E-state index in [0.29, 0.717) is 22.3 Å². The van der Waals surface area contributed by atoms with Crippen molar-refractivity contribution in [1.82, 2.24) is 9.62 Å². The lowest BCUT2D eigenvalue weighted by atomic mass is 10.0. The highest BCUT2D eigenvalue weighted by Crippen LogP contribution is 2.21. The van der Waals surface area contributed by atoms with Crippen LogP contribution in [0.25, 0.3) is 0 Å². The molecule has 7 nitrogen and oxygen atoms in total. The summed E-state index contributed by atoms with van der Waals surface area (Å²) < 4.78 is 26.9. The summed E-state index contributed by atoms with van der Waals surface area (Å²) in [5, 5.41) is 0. The van der Waals surface area contributed by atoms with Gasteiger partial charge in [0.05, 0.1) is 16.9 Å². The summed E-state index contributed by atoms with van der Waals surface area (Å²) in [4.78, 5) is 37.2. The molecule has 0 radical (unpaired) electrons. The van der Waals surface area contributed by atoms with Crippen LogP contribution >= 0.6 is 0 Å². The largest absolute Gasteiger partial charge is 0.295 e. The van der Waals surface area contributed by atoms with Crippen molar-refractivity contribution in [2.24, 2.45) is 0 Å². The van der Waals surface area contributed by atoms with Gasteiger partial charge in [0.15, 0.2) is 5.78 Å². The van der Waals surface area contributed by atoms with Gasteiger partial charge in [-0.1, -0.05) is 36.4 Å². The molecular formula is C20H20N2O5S. The number of hydrogen-bond donors (Lipinski definition) is 1. The molecule has 3 rings (SSSR count). The Bertz CT molecular complexity index is 1010. The standard InChI is InChI=1S/C20H20N2O5S/c1-14(23)16-7-3-2-6-15(16)10-13-28(26,27)21-11-12-22-19(24)17-8-4-5-9-18(17)20(22)25/h2-9,21H,10-13H2,1H3. The second kappa shape index (κ2) is 8.04. The number of nitrogens with zero attached hydrogens (tertiary/aromatic N) is 1. The van der Waals surface area contributed by atoms with Gasteiger partial charge in [0.25, 0.3) is 11.8 Å². The van der Waals surface area contributed by atoms with Crippen LogP contribution in [0.15, 0.2) is 48.5 Å². The molecule has 0 spiro atoms. The van der Waals surface area contributed by atoms with Crippen molar-refractivity contribution in [3.63, 3.8) is 0 Å². The molecule has 8 heteroatoms. The van der Waals surface area contributed by atoms with E-state index in [2.05, 4.69) is 4.72 Å². The Morgan fingerprint density at radius 3 is 2.14 bits per heavy atom. The van der Waals surface area contributed by atoms with Crippen molar-refractivity contribution in [3.8, 4) is 0 Å². The van der Waals surface area contributed by atoms with Crippen LogP contribution in [0.3, 0.4) is 0 Å². The molecule has 2 amide bonds. The first-order chi connectivity index (χ1) is 13.3. The number of carbonyl (C=O) groups excluding carboxylic acids is 3. The molecular weight excluding hydrogens is 380 g/mol. The topological polar surface area (TPSA) is 101 Å². The molecule has 1 aliphatic heterocycles. The third kappa shape index (κ3) is 4.18. The number of aryl methyl sites for hydroxylation is 1. The van der Waals surface area contributed by atoms with Crippen LogP contribution in [0.2, 0.25) is 0 Å². The summed E-state index contributed by atoms with van der Waals surface area (Å²) in [7, 11) is -3.63. The molecule has 2 aromatic carbocycles. The molecule has 0 bridgehead atoms. The summed E-state index contributed by atoms with van der Waals surface area (Å²) in [5.41, 5.74) is 1.83. The van der Waals surface area contributed by atoms with E-state index in [0.717, 1.165) is 4.90 Å². The van der Waals surface area contributed by atoms with Crippen LogP contribution in [0.4, 0.5) is 0 Å². The predicted octanol–water partition coefficient (Wildman–Crippen LogP) is 1.65. The molecule has 2 aromatic rings. The number of ketones is 1. The van der Waals surface area contributed by atoms with Crippen molar-refractivity contribution in [3.05, 3.63) is 70.8 Å². The molecule has 0 fully saturated rings. The van der Waals surface area contributed by atoms with Gasteiger partial charge in [0.2, 0.25) is 10.0 Å². The van der Waals surface area contributed by atoms with E-state index in [1.807, 2.05) is 0 Å². The van der Waals surface area contributed by atoms with Crippen molar-refractivity contribution in [2.75, 3.05) is 18.8 Å². The monoisotopic (exact) mass is 400 g/mol. The predicted molar refractivity (Wildman–Crippen MR) is 104 cm³/mol. The molecule has 28 heavy (non-hydrogen) atoms. The highest BCUT2D eigenvalue weighted by Gasteiger charge is 2.34. The average molecular weight is 400 g/mol. The number of fused-ring (bicyclic) bond motifs is 1. The first-order valence-corrected chi connectivity index (χ1v) is 10.5. The van der Waals surface area contributed by atoms with E-state index < -0.39 is 21.8 Å². The zero-order valence-corrected chi connectivity index (χ0v) is 16.2. The molecule has 0 aliphatic carbocycles. The lowest BCUT2D eigenvalue weighted by Gasteiger charge is -2.14. The normalized spacial score (nSPS) is 13.7. The van der Waals surface area contributed by atoms with Gasteiger partial charge in [-0.2, -0.15) is 0 Å². The minimum absolute atomic E-state index is 0.0460. The highest BCUT2D eigenvalue weighted by atomic mass is 32.2. The fraction of sp³-hybridized carbons (Fsp3) is 0.250. The summed E-state index contributed by atoms with van der Waals surface area (Å²) in [5.74, 6) is -1.16. The minimum Gasteiger partial charge on any atom is -0.295 e. The molecule has 0 atom stereocenters. The number of carbonyl (C=O) groups is 3. The van der Waals surface area contributed by atoms with E-state index in [-0.39, 0.29) is 31.0 Å². The number of hydrogen-bond acceptors (Lipinski definition) is 5. The SMILES string of the molecule is CC(=O)c1ccccc1CCS(=O)(=O)NCCN1C(=O)c2ccccc2C1=O. The van der Waals surface area contributed by atoms with Crippen LogP contribution in [0.1, 0.15) is 43.6 Å². The van der Waals surface area contributed by atoms with Crippen LogP contribution in [-0.2, 0) is 16.4 Å². The number of nitrogens with one attached hydrogen (secondary N) is 1. The minimum atomic E-state index is -3.63. The van der Waals surface area contributed by atoms with Gasteiger partial charge < -0.3 is 0 Å². The van der Waals surface area contributed by atoms with E-state index >= 15 is 0 Å². The zero-order valence-electron chi connectivity index (χ0n) is 15.3. The summed E-state index contributed by atoms with van der Waals surface area (Å²) in [6, 6.07) is 13.4. The lowest BCUT2D eigenvalue weighted by molar-refractivity contribution is 0.0657. The maximum atomic E-state index is 12.3. The van der Waals surface area contributed by atoms with Crippen LogP contribution in [0, 0.1) is 0 Å². The van der Waals surface area contributed by atoms with Gasteiger partial charge in [-0.15, -0.1) is 0 Å². The van der Waals surface area contributed by atoms with Crippen LogP contribution < -0.4 is 4.72 Å². The van der Waals surface area contributed by atoms with Gasteiger partial charge in [0, 0.05) is 18.7 Å². The van der Waals surface area contributed by atoms with E-state index in [9.17, 15) is 22.8 Å². The Kier molecular flexibility index (Phi) is 5.71. The number of rotatable bonds is 8. The average Bonchev–Trinajstić information content (AvgIpc) is 2.92. The Morgan fingerprint density at radius 2 is 1.54 bits per heavy atom. The Balaban J connectivity index is 1.56. The van der Waals surface area contributed by atoms with Crippen molar-refractivity contribution < 1.29 is 22.8 Å². The number of amides is 2. The molecule has 1 N–H and O–H groups in total. The number of sulfonamides is 1. The fourth-order valence-corrected chi connectivity index (χ4v) is 4.19. The van der Waals surface area contributed by atoms with Gasteiger partial charge in [0.1, 0.15) is 0 Å². The number of imide groups is 1. The Morgan fingerprint density at radius 1 is 0.964 bits per heavy atom. The lowest BCUT2D eigenvalue weighted by Crippen LogP contribution is -2.39. The van der Waals surface area contributed by atoms with Crippen molar-refractivity contribution >= 4 is 27.6 Å². The van der Waals surface area contributed by atoms with Gasteiger partial charge in [-0.3, -0.25) is 19.3 Å². The Labute approximate surface area is 163 Å². The Hall–Kier alpha value is -2.84. The molecule has 1 aliphatic rings. The van der Waals surface area contributed by atoms with Gasteiger partial charge in [-0.05, 0) is 31.0 Å². The number of Topliss-reactive ketones (excluding diaryl/α,β-unsaturated/α-hetero) is 1. The summed E-state index contributed by atoms with van der Waals surface area (Å²) >= 11 is 0.